The van der Waals surface area contributed by atoms with Crippen molar-refractivity contribution in [1.29, 1.82) is 0 Å². The Balaban J connectivity index is 1.57. The highest BCUT2D eigenvalue weighted by Gasteiger charge is 2.54. The van der Waals surface area contributed by atoms with Gasteiger partial charge in [0.25, 0.3) is 5.56 Å². The van der Waals surface area contributed by atoms with Crippen molar-refractivity contribution in [2.45, 2.75) is 58.2 Å². The van der Waals surface area contributed by atoms with Crippen molar-refractivity contribution >= 4 is 42.2 Å². The number of imidazole rings is 1. The third kappa shape index (κ3) is 5.48. The average Bonchev–Trinajstić information content (AvgIpc) is 3.28. The first-order valence-electron chi connectivity index (χ1n) is 10.6. The molecule has 2 unspecified atom stereocenters. The Morgan fingerprint density at radius 2 is 2.18 bits per heavy atom. The molecule has 0 aliphatic carbocycles. The number of ether oxygens (including phenoxy) is 1. The molecule has 5 atom stereocenters. The number of nitrogens with zero attached hydrogens (tertiary/aromatic N) is 3. The highest BCUT2D eigenvalue weighted by Crippen LogP contribution is 2.40. The number of nitrogens with two attached hydrogens (primary N) is 1. The maximum absolute atomic E-state index is 12.1. The SMILES string of the molecule is CCC(C)(C)C(=O)SCCO[P+](=O)OC[C@H]1O[C@@H](n2cnc3c(=O)[nH]c(N)nc32)[C@@](C)(O)C1O. The van der Waals surface area contributed by atoms with Crippen LogP contribution in [0.2, 0.25) is 0 Å². The van der Waals surface area contributed by atoms with Crippen molar-refractivity contribution in [3.05, 3.63) is 16.7 Å². The second-order valence-corrected chi connectivity index (χ2v) is 10.7. The normalized spacial score (nSPS) is 25.7. The number of nitrogens with one attached hydrogen (secondary N) is 1. The Morgan fingerprint density at radius 3 is 2.85 bits per heavy atom. The molecule has 1 aliphatic heterocycles. The molecule has 0 saturated carbocycles. The number of rotatable bonds is 10. The van der Waals surface area contributed by atoms with Gasteiger partial charge in [-0.05, 0) is 13.3 Å². The van der Waals surface area contributed by atoms with Crippen LogP contribution in [-0.4, -0.2) is 71.6 Å². The molecule has 2 aromatic heterocycles. The summed E-state index contributed by atoms with van der Waals surface area (Å²) < 4.78 is 29.4. The minimum Gasteiger partial charge on any atom is -0.387 e. The molecular weight excluding hydrogens is 489 g/mol. The second kappa shape index (κ2) is 10.4. The van der Waals surface area contributed by atoms with E-state index in [1.165, 1.54) is 17.8 Å². The topological polar surface area (TPSA) is 192 Å². The van der Waals surface area contributed by atoms with Crippen LogP contribution in [0, 0.1) is 5.41 Å². The van der Waals surface area contributed by atoms with Crippen molar-refractivity contribution in [1.82, 2.24) is 19.5 Å². The van der Waals surface area contributed by atoms with Crippen molar-refractivity contribution in [2.24, 2.45) is 5.41 Å². The Kier molecular flexibility index (Phi) is 8.13. The molecular formula is C19H29N5O8PS+. The standard InChI is InChI=1S/C19H28N5O8PS/c1-5-18(2,3)16(27)34-7-6-30-33(29)31-8-10-12(25)19(4,28)15(32-10)24-9-21-11-13(24)22-17(20)23-14(11)26/h9-10,12,15,25,28H,5-8H2,1-4H3,(H2-,20,22,23,26)/p+1/t10-,12?,15-,19+/m1/s1. The summed E-state index contributed by atoms with van der Waals surface area (Å²) in [6.45, 7) is 6.67. The summed E-state index contributed by atoms with van der Waals surface area (Å²) in [7, 11) is -2.55. The van der Waals surface area contributed by atoms with Crippen molar-refractivity contribution in [2.75, 3.05) is 24.7 Å². The summed E-state index contributed by atoms with van der Waals surface area (Å²) in [6.07, 6.45) is -1.73. The fraction of sp³-hybridized carbons (Fsp3) is 0.684. The van der Waals surface area contributed by atoms with Gasteiger partial charge in [-0.1, -0.05) is 32.5 Å². The predicted molar refractivity (Wildman–Crippen MR) is 124 cm³/mol. The zero-order valence-electron chi connectivity index (χ0n) is 19.3. The Labute approximate surface area is 200 Å². The van der Waals surface area contributed by atoms with E-state index in [0.29, 0.717) is 12.2 Å². The molecule has 0 amide bonds. The lowest BCUT2D eigenvalue weighted by Gasteiger charge is -2.27. The molecule has 5 N–H and O–H groups in total. The largest absolute Gasteiger partial charge is 0.697 e. The smallest absolute Gasteiger partial charge is 0.387 e. The summed E-state index contributed by atoms with van der Waals surface area (Å²) in [6, 6.07) is 0. The molecule has 0 aromatic carbocycles. The number of aliphatic hydroxyl groups excluding tert-OH is 1. The monoisotopic (exact) mass is 518 g/mol. The third-order valence-electron chi connectivity index (χ3n) is 5.75. The van der Waals surface area contributed by atoms with Gasteiger partial charge in [0, 0.05) is 15.7 Å². The van der Waals surface area contributed by atoms with Crippen molar-refractivity contribution in [3.63, 3.8) is 0 Å². The van der Waals surface area contributed by atoms with Gasteiger partial charge in [0.1, 0.15) is 31.0 Å². The lowest BCUT2D eigenvalue weighted by atomic mass is 9.92. The van der Waals surface area contributed by atoms with Crippen molar-refractivity contribution < 1.29 is 33.4 Å². The molecule has 1 saturated heterocycles. The lowest BCUT2D eigenvalue weighted by molar-refractivity contribution is -0.118. The Morgan fingerprint density at radius 1 is 1.47 bits per heavy atom. The number of thioether (sulfide) groups is 1. The van der Waals surface area contributed by atoms with Crippen LogP contribution >= 0.6 is 20.0 Å². The molecule has 2 aromatic rings. The minimum atomic E-state index is -2.55. The first-order chi connectivity index (χ1) is 15.9. The van der Waals surface area contributed by atoms with E-state index in [0.717, 1.165) is 11.8 Å². The maximum atomic E-state index is 12.1. The third-order valence-corrected chi connectivity index (χ3v) is 7.69. The van der Waals surface area contributed by atoms with Gasteiger partial charge < -0.3 is 20.7 Å². The van der Waals surface area contributed by atoms with Crippen LogP contribution in [-0.2, 0) is 23.1 Å². The Hall–Kier alpha value is -1.93. The average molecular weight is 519 g/mol. The molecule has 1 aliphatic rings. The van der Waals surface area contributed by atoms with Crippen LogP contribution in [0.5, 0.6) is 0 Å². The lowest BCUT2D eigenvalue weighted by Crippen LogP contribution is -2.44. The molecule has 34 heavy (non-hydrogen) atoms. The van der Waals surface area contributed by atoms with Gasteiger partial charge in [-0.3, -0.25) is 19.1 Å². The van der Waals surface area contributed by atoms with Gasteiger partial charge in [0.2, 0.25) is 5.95 Å². The Bertz CT molecular complexity index is 1120. The zero-order valence-corrected chi connectivity index (χ0v) is 21.0. The molecule has 0 spiro atoms. The second-order valence-electron chi connectivity index (χ2n) is 8.70. The summed E-state index contributed by atoms with van der Waals surface area (Å²) >= 11 is 1.10. The first kappa shape index (κ1) is 26.7. The number of anilines is 1. The number of aliphatic hydroxyl groups is 2. The summed E-state index contributed by atoms with van der Waals surface area (Å²) in [4.78, 5) is 34.4. The highest BCUT2D eigenvalue weighted by molar-refractivity contribution is 8.13. The van der Waals surface area contributed by atoms with Crippen LogP contribution in [0.1, 0.15) is 40.3 Å². The number of carbonyl (C=O) groups excluding carboxylic acids is 1. The van der Waals surface area contributed by atoms with Crippen LogP contribution in [0.3, 0.4) is 0 Å². The van der Waals surface area contributed by atoms with E-state index in [4.69, 9.17) is 19.5 Å². The van der Waals surface area contributed by atoms with Gasteiger partial charge in [0.05, 0.1) is 6.33 Å². The number of H-pyrrole nitrogens is 1. The number of hydrogen-bond donors (Lipinski definition) is 4. The van der Waals surface area contributed by atoms with Gasteiger partial charge in [-0.15, -0.1) is 9.05 Å². The van der Waals surface area contributed by atoms with E-state index in [2.05, 4.69) is 15.0 Å². The zero-order chi connectivity index (χ0) is 25.3. The molecule has 1 fully saturated rings. The molecule has 3 rings (SSSR count). The van der Waals surface area contributed by atoms with E-state index in [1.807, 2.05) is 20.8 Å². The van der Waals surface area contributed by atoms with Gasteiger partial charge in [-0.2, -0.15) is 4.98 Å². The van der Waals surface area contributed by atoms with Gasteiger partial charge in [0.15, 0.2) is 22.5 Å². The number of aromatic nitrogens is 4. The van der Waals surface area contributed by atoms with Crippen LogP contribution in [0.25, 0.3) is 11.2 Å². The van der Waals surface area contributed by atoms with E-state index < -0.39 is 43.3 Å². The fourth-order valence-electron chi connectivity index (χ4n) is 3.25. The fourth-order valence-corrected chi connectivity index (χ4v) is 4.84. The molecule has 0 radical (unpaired) electrons. The number of aromatic amines is 1. The van der Waals surface area contributed by atoms with E-state index in [9.17, 15) is 24.4 Å². The molecule has 188 valence electrons. The molecule has 13 nitrogen and oxygen atoms in total. The first-order valence-corrected chi connectivity index (χ1v) is 12.6. The summed E-state index contributed by atoms with van der Waals surface area (Å²) in [5, 5.41) is 21.5. The van der Waals surface area contributed by atoms with E-state index >= 15 is 0 Å². The quantitative estimate of drug-likeness (QED) is 0.259. The van der Waals surface area contributed by atoms with Gasteiger partial charge in [-0.25, -0.2) is 4.98 Å². The van der Waals surface area contributed by atoms with Crippen LogP contribution in [0.4, 0.5) is 5.95 Å². The molecule has 15 heteroatoms. The van der Waals surface area contributed by atoms with Crippen molar-refractivity contribution in [3.8, 4) is 0 Å². The van der Waals surface area contributed by atoms with E-state index in [1.54, 1.807) is 0 Å². The van der Waals surface area contributed by atoms with Crippen LogP contribution < -0.4 is 11.3 Å². The summed E-state index contributed by atoms with van der Waals surface area (Å²) in [5.41, 5.74) is 2.82. The highest BCUT2D eigenvalue weighted by atomic mass is 32.2. The summed E-state index contributed by atoms with van der Waals surface area (Å²) in [5.74, 6) is 0.166. The number of carbonyl (C=O) groups is 1. The van der Waals surface area contributed by atoms with E-state index in [-0.39, 0.29) is 35.4 Å². The maximum Gasteiger partial charge on any atom is 0.697 e. The number of fused-ring (bicyclic) bond motifs is 1. The van der Waals surface area contributed by atoms with Crippen LogP contribution in [0.15, 0.2) is 11.1 Å². The number of nitrogen functional groups attached to an aromatic ring is 1. The number of hydrogen-bond acceptors (Lipinski definition) is 12. The predicted octanol–water partition coefficient (Wildman–Crippen LogP) is 1.10. The molecule has 0 bridgehead atoms. The van der Waals surface area contributed by atoms with Gasteiger partial charge >= 0.3 is 8.25 Å². The molecule has 3 heterocycles. The minimum absolute atomic E-state index is 0.0158.